The number of pyridine rings is 1. The molecule has 1 heterocycles. The second-order valence-electron chi connectivity index (χ2n) is 3.74. The zero-order chi connectivity index (χ0) is 12.0. The molecule has 4 heteroatoms. The van der Waals surface area contributed by atoms with Crippen molar-refractivity contribution in [3.05, 3.63) is 29.6 Å². The lowest BCUT2D eigenvalue weighted by Crippen LogP contribution is -2.34. The van der Waals surface area contributed by atoms with Gasteiger partial charge in [-0.1, -0.05) is 6.92 Å². The van der Waals surface area contributed by atoms with E-state index in [1.54, 1.807) is 12.3 Å². The third-order valence-electron chi connectivity index (χ3n) is 2.46. The second kappa shape index (κ2) is 6.48. The first-order valence-corrected chi connectivity index (χ1v) is 6.00. The number of nitrogens with one attached hydrogen (secondary N) is 1. The Balaban J connectivity index is 2.60. The number of rotatable bonds is 5. The van der Waals surface area contributed by atoms with Gasteiger partial charge in [-0.2, -0.15) is 0 Å². The van der Waals surface area contributed by atoms with Crippen LogP contribution in [0.1, 0.15) is 35.8 Å². The van der Waals surface area contributed by atoms with Crippen LogP contribution < -0.4 is 5.32 Å². The average molecular weight is 241 g/mol. The summed E-state index contributed by atoms with van der Waals surface area (Å²) in [5.74, 6) is 0.481. The summed E-state index contributed by atoms with van der Waals surface area (Å²) < 4.78 is 0. The standard InChI is InChI=1S/C12H17ClN2O/c1-3-11(6-7-13)15-12(16)10-5-4-9(2)14-8-10/h4-5,8,11H,3,6-7H2,1-2H3,(H,15,16). The summed E-state index contributed by atoms with van der Waals surface area (Å²) in [5.41, 5.74) is 1.50. The number of hydrogen-bond acceptors (Lipinski definition) is 2. The highest BCUT2D eigenvalue weighted by molar-refractivity contribution is 6.17. The van der Waals surface area contributed by atoms with E-state index in [4.69, 9.17) is 11.6 Å². The van der Waals surface area contributed by atoms with E-state index in [0.717, 1.165) is 18.5 Å². The van der Waals surface area contributed by atoms with Gasteiger partial charge in [-0.25, -0.2) is 0 Å². The van der Waals surface area contributed by atoms with E-state index in [1.165, 1.54) is 0 Å². The van der Waals surface area contributed by atoms with Crippen molar-refractivity contribution in [1.29, 1.82) is 0 Å². The van der Waals surface area contributed by atoms with Crippen LogP contribution in [0, 0.1) is 6.92 Å². The summed E-state index contributed by atoms with van der Waals surface area (Å²) in [6.45, 7) is 3.93. The van der Waals surface area contributed by atoms with Crippen molar-refractivity contribution >= 4 is 17.5 Å². The Morgan fingerprint density at radius 3 is 2.81 bits per heavy atom. The van der Waals surface area contributed by atoms with Gasteiger partial charge in [0, 0.05) is 23.8 Å². The van der Waals surface area contributed by atoms with Crippen LogP contribution in [0.2, 0.25) is 0 Å². The quantitative estimate of drug-likeness (QED) is 0.804. The molecule has 0 fully saturated rings. The smallest absolute Gasteiger partial charge is 0.253 e. The number of carbonyl (C=O) groups is 1. The fourth-order valence-corrected chi connectivity index (χ4v) is 1.64. The monoisotopic (exact) mass is 240 g/mol. The molecular formula is C12H17ClN2O. The number of carbonyl (C=O) groups excluding carboxylic acids is 1. The highest BCUT2D eigenvalue weighted by Crippen LogP contribution is 2.03. The molecule has 1 unspecified atom stereocenters. The van der Waals surface area contributed by atoms with Crippen molar-refractivity contribution in [3.63, 3.8) is 0 Å². The molecule has 1 rings (SSSR count). The molecule has 0 saturated heterocycles. The Labute approximate surface area is 101 Å². The summed E-state index contributed by atoms with van der Waals surface area (Å²) in [7, 11) is 0. The van der Waals surface area contributed by atoms with Crippen LogP contribution in [-0.2, 0) is 0 Å². The molecule has 0 bridgehead atoms. The third kappa shape index (κ3) is 3.81. The molecule has 1 aromatic heterocycles. The van der Waals surface area contributed by atoms with Crippen LogP contribution in [0.3, 0.4) is 0 Å². The van der Waals surface area contributed by atoms with E-state index >= 15 is 0 Å². The third-order valence-corrected chi connectivity index (χ3v) is 2.68. The molecule has 0 aliphatic carbocycles. The Morgan fingerprint density at radius 2 is 2.31 bits per heavy atom. The molecule has 0 radical (unpaired) electrons. The average Bonchev–Trinajstić information content (AvgIpc) is 2.29. The van der Waals surface area contributed by atoms with Crippen molar-refractivity contribution in [2.75, 3.05) is 5.88 Å². The van der Waals surface area contributed by atoms with E-state index < -0.39 is 0 Å². The summed E-state index contributed by atoms with van der Waals surface area (Å²) in [6.07, 6.45) is 3.28. The topological polar surface area (TPSA) is 42.0 Å². The van der Waals surface area contributed by atoms with Gasteiger partial charge in [0.05, 0.1) is 5.56 Å². The van der Waals surface area contributed by atoms with E-state index in [9.17, 15) is 4.79 Å². The zero-order valence-corrected chi connectivity index (χ0v) is 10.4. The highest BCUT2D eigenvalue weighted by atomic mass is 35.5. The van der Waals surface area contributed by atoms with Gasteiger partial charge in [-0.05, 0) is 31.9 Å². The predicted molar refractivity (Wildman–Crippen MR) is 65.9 cm³/mol. The molecule has 0 spiro atoms. The maximum Gasteiger partial charge on any atom is 0.253 e. The first-order valence-electron chi connectivity index (χ1n) is 5.46. The second-order valence-corrected chi connectivity index (χ2v) is 4.12. The molecule has 88 valence electrons. The van der Waals surface area contributed by atoms with Gasteiger partial charge >= 0.3 is 0 Å². The summed E-state index contributed by atoms with van der Waals surface area (Å²) in [4.78, 5) is 15.9. The van der Waals surface area contributed by atoms with Gasteiger partial charge in [0.15, 0.2) is 0 Å². The Morgan fingerprint density at radius 1 is 1.56 bits per heavy atom. The lowest BCUT2D eigenvalue weighted by atomic mass is 10.1. The molecule has 0 saturated carbocycles. The lowest BCUT2D eigenvalue weighted by molar-refractivity contribution is 0.0934. The number of amides is 1. The summed E-state index contributed by atoms with van der Waals surface area (Å²) in [5, 5.41) is 2.94. The van der Waals surface area contributed by atoms with Crippen LogP contribution in [0.25, 0.3) is 0 Å². The minimum Gasteiger partial charge on any atom is -0.349 e. The van der Waals surface area contributed by atoms with E-state index in [1.807, 2.05) is 19.9 Å². The first-order chi connectivity index (χ1) is 7.67. The van der Waals surface area contributed by atoms with Gasteiger partial charge in [0.1, 0.15) is 0 Å². The highest BCUT2D eigenvalue weighted by Gasteiger charge is 2.11. The number of nitrogens with zero attached hydrogens (tertiary/aromatic N) is 1. The van der Waals surface area contributed by atoms with Crippen molar-refractivity contribution < 1.29 is 4.79 Å². The molecule has 1 atom stereocenters. The summed E-state index contributed by atoms with van der Waals surface area (Å²) in [6, 6.07) is 3.76. The number of hydrogen-bond donors (Lipinski definition) is 1. The summed E-state index contributed by atoms with van der Waals surface area (Å²) >= 11 is 5.66. The normalized spacial score (nSPS) is 12.2. The molecular weight excluding hydrogens is 224 g/mol. The van der Waals surface area contributed by atoms with E-state index in [-0.39, 0.29) is 11.9 Å². The van der Waals surface area contributed by atoms with Crippen molar-refractivity contribution in [1.82, 2.24) is 10.3 Å². The van der Waals surface area contributed by atoms with Gasteiger partial charge in [-0.15, -0.1) is 11.6 Å². The van der Waals surface area contributed by atoms with Crippen molar-refractivity contribution in [2.45, 2.75) is 32.7 Å². The molecule has 1 N–H and O–H groups in total. The lowest BCUT2D eigenvalue weighted by Gasteiger charge is -2.15. The minimum absolute atomic E-state index is 0.0792. The van der Waals surface area contributed by atoms with Crippen LogP contribution in [-0.4, -0.2) is 22.8 Å². The molecule has 0 aliphatic rings. The fraction of sp³-hybridized carbons (Fsp3) is 0.500. The van der Waals surface area contributed by atoms with Gasteiger partial charge in [0.2, 0.25) is 0 Å². The fourth-order valence-electron chi connectivity index (χ4n) is 1.38. The maximum atomic E-state index is 11.8. The Bertz CT molecular complexity index is 337. The molecule has 16 heavy (non-hydrogen) atoms. The zero-order valence-electron chi connectivity index (χ0n) is 9.66. The molecule has 3 nitrogen and oxygen atoms in total. The number of aromatic nitrogens is 1. The van der Waals surface area contributed by atoms with Gasteiger partial charge < -0.3 is 5.32 Å². The van der Waals surface area contributed by atoms with E-state index in [0.29, 0.717) is 11.4 Å². The van der Waals surface area contributed by atoms with Crippen LogP contribution in [0.5, 0.6) is 0 Å². The largest absolute Gasteiger partial charge is 0.349 e. The van der Waals surface area contributed by atoms with Crippen LogP contribution in [0.4, 0.5) is 0 Å². The van der Waals surface area contributed by atoms with Crippen molar-refractivity contribution in [3.8, 4) is 0 Å². The minimum atomic E-state index is -0.0792. The number of halogens is 1. The predicted octanol–water partition coefficient (Wildman–Crippen LogP) is 2.53. The number of alkyl halides is 1. The van der Waals surface area contributed by atoms with Crippen LogP contribution in [0.15, 0.2) is 18.3 Å². The molecule has 0 aliphatic heterocycles. The Kier molecular flexibility index (Phi) is 5.26. The van der Waals surface area contributed by atoms with Gasteiger partial charge in [-0.3, -0.25) is 9.78 Å². The maximum absolute atomic E-state index is 11.8. The SMILES string of the molecule is CCC(CCCl)NC(=O)c1ccc(C)nc1. The van der Waals surface area contributed by atoms with Crippen molar-refractivity contribution in [2.24, 2.45) is 0 Å². The Hall–Kier alpha value is -1.09. The van der Waals surface area contributed by atoms with Crippen LogP contribution >= 0.6 is 11.6 Å². The molecule has 0 aromatic carbocycles. The number of aryl methyl sites for hydroxylation is 1. The molecule has 1 aromatic rings. The molecule has 1 amide bonds. The van der Waals surface area contributed by atoms with Gasteiger partial charge in [0.25, 0.3) is 5.91 Å². The van der Waals surface area contributed by atoms with E-state index in [2.05, 4.69) is 10.3 Å². The first kappa shape index (κ1) is 13.0.